The summed E-state index contributed by atoms with van der Waals surface area (Å²) < 4.78 is 20.3. The summed E-state index contributed by atoms with van der Waals surface area (Å²) in [5.74, 6) is 0.553. The number of benzene rings is 1. The van der Waals surface area contributed by atoms with Crippen LogP contribution >= 0.6 is 0 Å². The van der Waals surface area contributed by atoms with E-state index in [2.05, 4.69) is 5.32 Å². The van der Waals surface area contributed by atoms with Crippen molar-refractivity contribution in [3.8, 4) is 0 Å². The molecule has 0 radical (unpaired) electrons. The topological polar surface area (TPSA) is 41.6 Å². The molecule has 1 aromatic carbocycles. The molecule has 0 aromatic heterocycles. The molecule has 1 aliphatic heterocycles. The van der Waals surface area contributed by atoms with Crippen LogP contribution < -0.4 is 10.2 Å². The van der Waals surface area contributed by atoms with Gasteiger partial charge in [-0.15, -0.1) is 0 Å². The van der Waals surface area contributed by atoms with E-state index >= 15 is 0 Å². The van der Waals surface area contributed by atoms with E-state index in [1.807, 2.05) is 30.9 Å². The zero-order valence-electron chi connectivity index (χ0n) is 16.0. The van der Waals surface area contributed by atoms with Crippen molar-refractivity contribution in [2.75, 3.05) is 18.0 Å². The van der Waals surface area contributed by atoms with Gasteiger partial charge in [0.1, 0.15) is 5.82 Å². The number of anilines is 1. The molecule has 1 aromatic rings. The number of nitrogens with one attached hydrogen (secondary N) is 1. The van der Waals surface area contributed by atoms with Crippen LogP contribution in [0.1, 0.15) is 57.9 Å². The van der Waals surface area contributed by atoms with Crippen molar-refractivity contribution in [1.29, 1.82) is 0 Å². The molecule has 1 amide bonds. The molecule has 1 aliphatic carbocycles. The number of ether oxygens (including phenoxy) is 1. The highest BCUT2D eigenvalue weighted by atomic mass is 19.1. The third kappa shape index (κ3) is 5.19. The van der Waals surface area contributed by atoms with E-state index in [0.29, 0.717) is 31.7 Å². The van der Waals surface area contributed by atoms with Gasteiger partial charge in [-0.25, -0.2) is 4.39 Å². The number of halogens is 1. The molecule has 3 rings (SSSR count). The Labute approximate surface area is 156 Å². The minimum atomic E-state index is -0.232. The second-order valence-corrected chi connectivity index (χ2v) is 7.91. The number of carbonyl (C=O) groups is 1. The van der Waals surface area contributed by atoms with Gasteiger partial charge in [-0.3, -0.25) is 4.79 Å². The number of nitrogens with zero attached hydrogens (tertiary/aromatic N) is 1. The number of carbonyl (C=O) groups excluding carboxylic acids is 1. The molecule has 2 aliphatic rings. The minimum absolute atomic E-state index is 0.0669. The van der Waals surface area contributed by atoms with Crippen LogP contribution in [0.2, 0.25) is 0 Å². The SMILES string of the molecule is CC1CN(c2ccc(CNC(=O)CCC3CCCC3)cc2F)CC(C)O1. The van der Waals surface area contributed by atoms with Crippen LogP contribution in [-0.4, -0.2) is 31.2 Å². The number of hydrogen-bond donors (Lipinski definition) is 1. The van der Waals surface area contributed by atoms with E-state index in [1.54, 1.807) is 0 Å². The summed E-state index contributed by atoms with van der Waals surface area (Å²) in [7, 11) is 0. The summed E-state index contributed by atoms with van der Waals surface area (Å²) in [5, 5.41) is 2.92. The Bertz CT molecular complexity index is 606. The Morgan fingerprint density at radius 2 is 1.92 bits per heavy atom. The Kier molecular flexibility index (Phi) is 6.52. The normalized spacial score (nSPS) is 24.0. The zero-order chi connectivity index (χ0) is 18.5. The fourth-order valence-electron chi connectivity index (χ4n) is 4.21. The molecule has 2 fully saturated rings. The van der Waals surface area contributed by atoms with Crippen LogP contribution in [0, 0.1) is 11.7 Å². The molecule has 1 heterocycles. The van der Waals surface area contributed by atoms with Gasteiger partial charge in [0.05, 0.1) is 17.9 Å². The van der Waals surface area contributed by atoms with Gasteiger partial charge < -0.3 is 15.0 Å². The lowest BCUT2D eigenvalue weighted by molar-refractivity contribution is -0.121. The molecule has 144 valence electrons. The first-order valence-electron chi connectivity index (χ1n) is 9.97. The fraction of sp³-hybridized carbons (Fsp3) is 0.667. The highest BCUT2D eigenvalue weighted by Gasteiger charge is 2.24. The fourth-order valence-corrected chi connectivity index (χ4v) is 4.21. The van der Waals surface area contributed by atoms with Crippen molar-refractivity contribution in [2.24, 2.45) is 5.92 Å². The lowest BCUT2D eigenvalue weighted by Crippen LogP contribution is -2.45. The average molecular weight is 362 g/mol. The van der Waals surface area contributed by atoms with Crippen molar-refractivity contribution in [1.82, 2.24) is 5.32 Å². The van der Waals surface area contributed by atoms with Gasteiger partial charge in [0.25, 0.3) is 0 Å². The van der Waals surface area contributed by atoms with E-state index in [4.69, 9.17) is 4.74 Å². The van der Waals surface area contributed by atoms with Gasteiger partial charge in [0.15, 0.2) is 0 Å². The van der Waals surface area contributed by atoms with Gasteiger partial charge in [-0.1, -0.05) is 31.7 Å². The maximum Gasteiger partial charge on any atom is 0.220 e. The van der Waals surface area contributed by atoms with Crippen LogP contribution in [0.3, 0.4) is 0 Å². The van der Waals surface area contributed by atoms with Gasteiger partial charge in [0.2, 0.25) is 5.91 Å². The molecule has 0 bridgehead atoms. The van der Waals surface area contributed by atoms with Crippen LogP contribution in [0.5, 0.6) is 0 Å². The van der Waals surface area contributed by atoms with Crippen molar-refractivity contribution in [2.45, 2.75) is 71.1 Å². The second-order valence-electron chi connectivity index (χ2n) is 7.91. The zero-order valence-corrected chi connectivity index (χ0v) is 16.0. The van der Waals surface area contributed by atoms with Crippen LogP contribution in [-0.2, 0) is 16.1 Å². The third-order valence-corrected chi connectivity index (χ3v) is 5.52. The predicted octanol–water partition coefficient (Wildman–Crippen LogP) is 4.03. The van der Waals surface area contributed by atoms with E-state index in [-0.39, 0.29) is 23.9 Å². The Hall–Kier alpha value is -1.62. The quantitative estimate of drug-likeness (QED) is 0.831. The molecule has 2 atom stereocenters. The maximum absolute atomic E-state index is 14.6. The van der Waals surface area contributed by atoms with Gasteiger partial charge >= 0.3 is 0 Å². The largest absolute Gasteiger partial charge is 0.372 e. The molecule has 2 unspecified atom stereocenters. The molecule has 1 saturated carbocycles. The highest BCUT2D eigenvalue weighted by Crippen LogP contribution is 2.28. The second kappa shape index (κ2) is 8.85. The predicted molar refractivity (Wildman–Crippen MR) is 102 cm³/mol. The number of rotatable bonds is 6. The van der Waals surface area contributed by atoms with E-state index in [1.165, 1.54) is 31.7 Å². The molecule has 26 heavy (non-hydrogen) atoms. The summed E-state index contributed by atoms with van der Waals surface area (Å²) in [4.78, 5) is 14.1. The average Bonchev–Trinajstić information content (AvgIpc) is 3.11. The molecule has 1 N–H and O–H groups in total. The van der Waals surface area contributed by atoms with E-state index in [0.717, 1.165) is 17.9 Å². The van der Waals surface area contributed by atoms with Crippen molar-refractivity contribution >= 4 is 11.6 Å². The monoisotopic (exact) mass is 362 g/mol. The summed E-state index contributed by atoms with van der Waals surface area (Å²) in [5.41, 5.74) is 1.41. The standard InChI is InChI=1S/C21H31FN2O2/c1-15-13-24(14-16(2)26-15)20-9-7-18(11-19(20)22)12-23-21(25)10-8-17-5-3-4-6-17/h7,9,11,15-17H,3-6,8,10,12-14H2,1-2H3,(H,23,25). The van der Waals surface area contributed by atoms with E-state index < -0.39 is 0 Å². The molecule has 4 nitrogen and oxygen atoms in total. The first-order chi connectivity index (χ1) is 12.5. The minimum Gasteiger partial charge on any atom is -0.372 e. The lowest BCUT2D eigenvalue weighted by Gasteiger charge is -2.37. The molecular formula is C21H31FN2O2. The number of hydrogen-bond acceptors (Lipinski definition) is 3. The number of morpholine rings is 1. The molecular weight excluding hydrogens is 331 g/mol. The lowest BCUT2D eigenvalue weighted by atomic mass is 10.0. The van der Waals surface area contributed by atoms with Gasteiger partial charge in [-0.2, -0.15) is 0 Å². The van der Waals surface area contributed by atoms with Crippen LogP contribution in [0.15, 0.2) is 18.2 Å². The van der Waals surface area contributed by atoms with Crippen LogP contribution in [0.25, 0.3) is 0 Å². The number of amides is 1. The van der Waals surface area contributed by atoms with Crippen molar-refractivity contribution in [3.05, 3.63) is 29.6 Å². The van der Waals surface area contributed by atoms with Crippen molar-refractivity contribution in [3.63, 3.8) is 0 Å². The first kappa shape index (κ1) is 19.2. The summed E-state index contributed by atoms with van der Waals surface area (Å²) in [6, 6.07) is 5.26. The summed E-state index contributed by atoms with van der Waals surface area (Å²) >= 11 is 0. The Balaban J connectivity index is 1.50. The Morgan fingerprint density at radius 1 is 1.23 bits per heavy atom. The summed E-state index contributed by atoms with van der Waals surface area (Å²) in [6.07, 6.45) is 6.88. The smallest absolute Gasteiger partial charge is 0.220 e. The Morgan fingerprint density at radius 3 is 2.58 bits per heavy atom. The molecule has 1 saturated heterocycles. The maximum atomic E-state index is 14.6. The third-order valence-electron chi connectivity index (χ3n) is 5.52. The van der Waals surface area contributed by atoms with Gasteiger partial charge in [-0.05, 0) is 43.9 Å². The molecule has 5 heteroatoms. The van der Waals surface area contributed by atoms with E-state index in [9.17, 15) is 9.18 Å². The van der Waals surface area contributed by atoms with Crippen LogP contribution in [0.4, 0.5) is 10.1 Å². The van der Waals surface area contributed by atoms with Gasteiger partial charge in [0, 0.05) is 26.1 Å². The molecule has 0 spiro atoms. The highest BCUT2D eigenvalue weighted by molar-refractivity contribution is 5.75. The van der Waals surface area contributed by atoms with Crippen molar-refractivity contribution < 1.29 is 13.9 Å². The first-order valence-corrected chi connectivity index (χ1v) is 9.97. The summed E-state index contributed by atoms with van der Waals surface area (Å²) in [6.45, 7) is 5.79.